The van der Waals surface area contributed by atoms with Crippen LogP contribution in [0.1, 0.15) is 58.3 Å². The van der Waals surface area contributed by atoms with E-state index in [9.17, 15) is 14.4 Å². The number of nitrogens with zero attached hydrogens (tertiary/aromatic N) is 1. The highest BCUT2D eigenvalue weighted by atomic mass is 16.2. The standard InChI is InChI=1S/C16H24N2O3/c1-16(8-4-5-9-16)10-18-14(20)12(11-6-2-3-7-11)13(19)17-15(18)21/h11-12H,2-10H2,1H3,(H,17,19,21). The van der Waals surface area contributed by atoms with E-state index >= 15 is 0 Å². The molecule has 1 atom stereocenters. The Morgan fingerprint density at radius 1 is 1.10 bits per heavy atom. The van der Waals surface area contributed by atoms with Gasteiger partial charge < -0.3 is 0 Å². The van der Waals surface area contributed by atoms with Crippen LogP contribution in [0.15, 0.2) is 0 Å². The summed E-state index contributed by atoms with van der Waals surface area (Å²) < 4.78 is 0. The van der Waals surface area contributed by atoms with Crippen molar-refractivity contribution in [1.29, 1.82) is 0 Å². The van der Waals surface area contributed by atoms with E-state index in [1.165, 1.54) is 4.90 Å². The molecule has 3 aliphatic rings. The molecule has 0 aromatic carbocycles. The fourth-order valence-electron chi connectivity index (χ4n) is 4.26. The zero-order valence-corrected chi connectivity index (χ0v) is 12.7. The first-order valence-electron chi connectivity index (χ1n) is 8.16. The lowest BCUT2D eigenvalue weighted by molar-refractivity contribution is -0.146. The zero-order valence-electron chi connectivity index (χ0n) is 12.7. The van der Waals surface area contributed by atoms with E-state index in [1.807, 2.05) is 0 Å². The van der Waals surface area contributed by atoms with Crippen LogP contribution in [0.2, 0.25) is 0 Å². The lowest BCUT2D eigenvalue weighted by atomic mass is 9.84. The Morgan fingerprint density at radius 3 is 2.33 bits per heavy atom. The van der Waals surface area contributed by atoms with E-state index in [4.69, 9.17) is 0 Å². The quantitative estimate of drug-likeness (QED) is 0.812. The molecule has 0 radical (unpaired) electrons. The van der Waals surface area contributed by atoms with Crippen LogP contribution >= 0.6 is 0 Å². The molecular weight excluding hydrogens is 268 g/mol. The van der Waals surface area contributed by atoms with Gasteiger partial charge in [0.25, 0.3) is 0 Å². The van der Waals surface area contributed by atoms with Crippen LogP contribution in [0.4, 0.5) is 4.79 Å². The molecule has 3 rings (SSSR count). The molecule has 21 heavy (non-hydrogen) atoms. The van der Waals surface area contributed by atoms with Crippen molar-refractivity contribution in [3.8, 4) is 0 Å². The third-order valence-corrected chi connectivity index (χ3v) is 5.51. The molecule has 0 aromatic rings. The summed E-state index contributed by atoms with van der Waals surface area (Å²) in [5, 5.41) is 2.41. The summed E-state index contributed by atoms with van der Waals surface area (Å²) in [6.45, 7) is 2.59. The second-order valence-corrected chi connectivity index (χ2v) is 7.26. The third kappa shape index (κ3) is 2.70. The highest BCUT2D eigenvalue weighted by Gasteiger charge is 2.47. The zero-order chi connectivity index (χ0) is 15.0. The van der Waals surface area contributed by atoms with Gasteiger partial charge in [-0.15, -0.1) is 0 Å². The van der Waals surface area contributed by atoms with Crippen molar-refractivity contribution < 1.29 is 14.4 Å². The van der Waals surface area contributed by atoms with Crippen LogP contribution in [0.25, 0.3) is 0 Å². The highest BCUT2D eigenvalue weighted by Crippen LogP contribution is 2.40. The third-order valence-electron chi connectivity index (χ3n) is 5.51. The second-order valence-electron chi connectivity index (χ2n) is 7.26. The first kappa shape index (κ1) is 14.5. The Labute approximate surface area is 125 Å². The Morgan fingerprint density at radius 2 is 1.71 bits per heavy atom. The summed E-state index contributed by atoms with van der Waals surface area (Å²) in [7, 11) is 0. The van der Waals surface area contributed by atoms with Crippen molar-refractivity contribution in [2.75, 3.05) is 6.54 Å². The van der Waals surface area contributed by atoms with Crippen LogP contribution in [-0.4, -0.2) is 29.3 Å². The molecular formula is C16H24N2O3. The number of hydrogen-bond acceptors (Lipinski definition) is 3. The van der Waals surface area contributed by atoms with Crippen LogP contribution < -0.4 is 5.32 Å². The molecule has 0 bridgehead atoms. The average Bonchev–Trinajstić information content (AvgIpc) is 3.07. The van der Waals surface area contributed by atoms with Gasteiger partial charge in [0.1, 0.15) is 5.92 Å². The average molecular weight is 292 g/mol. The molecule has 1 saturated heterocycles. The van der Waals surface area contributed by atoms with Crippen LogP contribution in [0.3, 0.4) is 0 Å². The number of barbiturate groups is 1. The Bertz CT molecular complexity index is 462. The predicted octanol–water partition coefficient (Wildman–Crippen LogP) is 2.45. The Hall–Kier alpha value is -1.39. The summed E-state index contributed by atoms with van der Waals surface area (Å²) in [5.74, 6) is -1.17. The maximum atomic E-state index is 12.7. The number of amides is 4. The van der Waals surface area contributed by atoms with Gasteiger partial charge in [0.2, 0.25) is 11.8 Å². The maximum Gasteiger partial charge on any atom is 0.330 e. The molecule has 0 spiro atoms. The van der Waals surface area contributed by atoms with Gasteiger partial charge in [-0.05, 0) is 37.0 Å². The molecule has 1 unspecified atom stereocenters. The number of carbonyl (C=O) groups is 3. The van der Waals surface area contributed by atoms with Crippen LogP contribution in [0.5, 0.6) is 0 Å². The van der Waals surface area contributed by atoms with Crippen molar-refractivity contribution >= 4 is 17.8 Å². The molecule has 5 heteroatoms. The van der Waals surface area contributed by atoms with Gasteiger partial charge in [-0.3, -0.25) is 19.8 Å². The largest absolute Gasteiger partial charge is 0.330 e. The summed E-state index contributed by atoms with van der Waals surface area (Å²) in [6, 6.07) is -0.521. The summed E-state index contributed by atoms with van der Waals surface area (Å²) in [5.41, 5.74) is 0.0214. The van der Waals surface area contributed by atoms with E-state index in [0.29, 0.717) is 6.54 Å². The molecule has 4 amide bonds. The van der Waals surface area contributed by atoms with Crippen molar-refractivity contribution in [3.63, 3.8) is 0 Å². The first-order valence-corrected chi connectivity index (χ1v) is 8.16. The lowest BCUT2D eigenvalue weighted by Crippen LogP contribution is -2.61. The van der Waals surface area contributed by atoms with Gasteiger partial charge in [0, 0.05) is 6.54 Å². The van der Waals surface area contributed by atoms with Gasteiger partial charge in [0.15, 0.2) is 0 Å². The monoisotopic (exact) mass is 292 g/mol. The van der Waals surface area contributed by atoms with Gasteiger partial charge in [-0.1, -0.05) is 32.6 Å². The molecule has 0 aromatic heterocycles. The topological polar surface area (TPSA) is 66.5 Å². The van der Waals surface area contributed by atoms with E-state index in [-0.39, 0.29) is 23.1 Å². The van der Waals surface area contributed by atoms with E-state index < -0.39 is 11.9 Å². The van der Waals surface area contributed by atoms with Crippen molar-refractivity contribution in [2.24, 2.45) is 17.3 Å². The Kier molecular flexibility index (Phi) is 3.76. The lowest BCUT2D eigenvalue weighted by Gasteiger charge is -2.37. The molecule has 2 saturated carbocycles. The van der Waals surface area contributed by atoms with E-state index in [1.54, 1.807) is 0 Å². The van der Waals surface area contributed by atoms with Crippen molar-refractivity contribution in [2.45, 2.75) is 58.3 Å². The maximum absolute atomic E-state index is 12.7. The summed E-state index contributed by atoms with van der Waals surface area (Å²) in [6.07, 6.45) is 8.40. The molecule has 1 N–H and O–H groups in total. The molecule has 5 nitrogen and oxygen atoms in total. The van der Waals surface area contributed by atoms with Crippen LogP contribution in [-0.2, 0) is 9.59 Å². The molecule has 1 heterocycles. The minimum absolute atomic E-state index is 0.0214. The van der Waals surface area contributed by atoms with Crippen LogP contribution in [0, 0.1) is 17.3 Å². The van der Waals surface area contributed by atoms with Gasteiger partial charge in [0.05, 0.1) is 0 Å². The minimum atomic E-state index is -0.643. The second kappa shape index (κ2) is 5.43. The SMILES string of the molecule is CC1(CN2C(=O)NC(=O)C(C3CCCC3)C2=O)CCCC1. The molecule has 116 valence electrons. The number of imide groups is 2. The first-order chi connectivity index (χ1) is 10.0. The van der Waals surface area contributed by atoms with Gasteiger partial charge >= 0.3 is 6.03 Å². The minimum Gasteiger partial charge on any atom is -0.277 e. The number of hydrogen-bond donors (Lipinski definition) is 1. The van der Waals surface area contributed by atoms with Crippen molar-refractivity contribution in [3.05, 3.63) is 0 Å². The van der Waals surface area contributed by atoms with E-state index in [2.05, 4.69) is 12.2 Å². The highest BCUT2D eigenvalue weighted by molar-refractivity contribution is 6.16. The molecule has 3 fully saturated rings. The predicted molar refractivity (Wildman–Crippen MR) is 77.3 cm³/mol. The normalized spacial score (nSPS) is 30.0. The summed E-state index contributed by atoms with van der Waals surface area (Å²) in [4.78, 5) is 38.2. The fraction of sp³-hybridized carbons (Fsp3) is 0.812. The Balaban J connectivity index is 1.77. The van der Waals surface area contributed by atoms with E-state index in [0.717, 1.165) is 51.4 Å². The van der Waals surface area contributed by atoms with Gasteiger partial charge in [-0.2, -0.15) is 0 Å². The number of urea groups is 1. The van der Waals surface area contributed by atoms with Gasteiger partial charge in [-0.25, -0.2) is 4.79 Å². The number of rotatable bonds is 3. The molecule has 1 aliphatic heterocycles. The number of nitrogens with one attached hydrogen (secondary N) is 1. The van der Waals surface area contributed by atoms with Crippen molar-refractivity contribution in [1.82, 2.24) is 10.2 Å². The smallest absolute Gasteiger partial charge is 0.277 e. The number of carbonyl (C=O) groups excluding carboxylic acids is 3. The summed E-state index contributed by atoms with van der Waals surface area (Å²) >= 11 is 0. The fourth-order valence-corrected chi connectivity index (χ4v) is 4.26. The molecule has 2 aliphatic carbocycles.